The first-order valence-corrected chi connectivity index (χ1v) is 9.98. The first-order valence-electron chi connectivity index (χ1n) is 9.23. The van der Waals surface area contributed by atoms with Crippen molar-refractivity contribution in [2.45, 2.75) is 6.92 Å². The Morgan fingerprint density at radius 3 is 2.63 bits per heavy atom. The lowest BCUT2D eigenvalue weighted by Crippen LogP contribution is -2.13. The van der Waals surface area contributed by atoms with E-state index in [0.717, 1.165) is 5.76 Å². The van der Waals surface area contributed by atoms with Crippen molar-refractivity contribution in [3.05, 3.63) is 82.0 Å². The van der Waals surface area contributed by atoms with Crippen LogP contribution >= 0.6 is 23.2 Å². The predicted octanol–water partition coefficient (Wildman–Crippen LogP) is 6.35. The quantitative estimate of drug-likeness (QED) is 0.257. The number of para-hydroxylation sites is 1. The van der Waals surface area contributed by atoms with E-state index >= 15 is 0 Å². The normalized spacial score (nSPS) is 10.9. The lowest BCUT2D eigenvalue weighted by atomic mass is 10.1. The monoisotopic (exact) mass is 441 g/mol. The van der Waals surface area contributed by atoms with E-state index in [1.54, 1.807) is 24.3 Å². The minimum Gasteiger partial charge on any atom is -0.488 e. The summed E-state index contributed by atoms with van der Waals surface area (Å²) in [6, 6.07) is 17.7. The first kappa shape index (κ1) is 20.3. The van der Waals surface area contributed by atoms with Gasteiger partial charge >= 0.3 is 5.97 Å². The number of benzene rings is 2. The number of carbonyl (C=O) groups excluding carboxylic acids is 1. The van der Waals surface area contributed by atoms with E-state index < -0.39 is 5.97 Å². The van der Waals surface area contributed by atoms with Crippen LogP contribution in [0.25, 0.3) is 22.4 Å². The fourth-order valence-corrected chi connectivity index (χ4v) is 3.46. The molecule has 4 rings (SSSR count). The molecule has 152 valence electrons. The third kappa shape index (κ3) is 4.42. The molecule has 7 heteroatoms. The molecule has 2 aromatic heterocycles. The van der Waals surface area contributed by atoms with Crippen molar-refractivity contribution in [1.82, 2.24) is 4.98 Å². The maximum Gasteiger partial charge on any atom is 0.339 e. The summed E-state index contributed by atoms with van der Waals surface area (Å²) in [6.45, 7) is 2.07. The van der Waals surface area contributed by atoms with Gasteiger partial charge < -0.3 is 13.9 Å². The van der Waals surface area contributed by atoms with E-state index in [9.17, 15) is 4.79 Å². The number of halogens is 2. The van der Waals surface area contributed by atoms with Crippen molar-refractivity contribution < 1.29 is 18.7 Å². The largest absolute Gasteiger partial charge is 0.488 e. The average Bonchev–Trinajstić information content (AvgIpc) is 3.18. The highest BCUT2D eigenvalue weighted by molar-refractivity contribution is 6.35. The molecule has 0 radical (unpaired) electrons. The van der Waals surface area contributed by atoms with E-state index in [2.05, 4.69) is 4.98 Å². The van der Waals surface area contributed by atoms with Gasteiger partial charge in [-0.15, -0.1) is 0 Å². The molecule has 0 saturated carbocycles. The molecular formula is C23H17Cl2NO4. The zero-order valence-electron chi connectivity index (χ0n) is 16.0. The molecule has 0 unspecified atom stereocenters. The van der Waals surface area contributed by atoms with Gasteiger partial charge in [0.25, 0.3) is 0 Å². The molecule has 0 bridgehead atoms. The van der Waals surface area contributed by atoms with Crippen LogP contribution in [0.4, 0.5) is 0 Å². The van der Waals surface area contributed by atoms with Gasteiger partial charge in [-0.3, -0.25) is 0 Å². The van der Waals surface area contributed by atoms with E-state index in [4.69, 9.17) is 37.1 Å². The molecule has 4 aromatic rings. The third-order valence-corrected chi connectivity index (χ3v) is 4.93. The van der Waals surface area contributed by atoms with Crippen molar-refractivity contribution in [1.29, 1.82) is 0 Å². The molecule has 5 nitrogen and oxygen atoms in total. The van der Waals surface area contributed by atoms with Crippen LogP contribution in [-0.4, -0.2) is 24.2 Å². The summed E-state index contributed by atoms with van der Waals surface area (Å²) in [5.74, 6) is 1.36. The minimum atomic E-state index is -0.469. The zero-order valence-corrected chi connectivity index (χ0v) is 17.5. The maximum atomic E-state index is 12.8. The minimum absolute atomic E-state index is 0.0592. The van der Waals surface area contributed by atoms with E-state index in [1.165, 1.54) is 0 Å². The summed E-state index contributed by atoms with van der Waals surface area (Å²) >= 11 is 11.9. The summed E-state index contributed by atoms with van der Waals surface area (Å²) < 4.78 is 16.7. The SMILES string of the molecule is Cc1ccc(-c2cc(C(=O)OCCOc3ccc(Cl)cc3Cl)c3ccccc3n2)o1. The average molecular weight is 442 g/mol. The van der Waals surface area contributed by atoms with E-state index in [0.29, 0.717) is 43.7 Å². The van der Waals surface area contributed by atoms with Crippen LogP contribution in [0, 0.1) is 6.92 Å². The molecular weight excluding hydrogens is 425 g/mol. The molecule has 0 aliphatic rings. The number of furan rings is 1. The fraction of sp³-hybridized carbons (Fsp3) is 0.130. The summed E-state index contributed by atoms with van der Waals surface area (Å²) in [5, 5.41) is 1.62. The number of aromatic nitrogens is 1. The summed E-state index contributed by atoms with van der Waals surface area (Å²) in [6.07, 6.45) is 0. The smallest absolute Gasteiger partial charge is 0.339 e. The van der Waals surface area contributed by atoms with Gasteiger partial charge in [0, 0.05) is 10.4 Å². The number of ether oxygens (including phenoxy) is 2. The van der Waals surface area contributed by atoms with Crippen LogP contribution in [0.5, 0.6) is 5.75 Å². The van der Waals surface area contributed by atoms with Crippen molar-refractivity contribution in [3.8, 4) is 17.2 Å². The van der Waals surface area contributed by atoms with Crippen LogP contribution in [0.3, 0.4) is 0 Å². The van der Waals surface area contributed by atoms with Crippen molar-refractivity contribution in [2.24, 2.45) is 0 Å². The lowest BCUT2D eigenvalue weighted by molar-refractivity contribution is 0.0453. The fourth-order valence-electron chi connectivity index (χ4n) is 3.00. The van der Waals surface area contributed by atoms with Gasteiger partial charge in [0.2, 0.25) is 0 Å². The standard InChI is InChI=1S/C23H17Cl2NO4/c1-14-6-8-22(30-14)20-13-17(16-4-2-3-5-19(16)26-20)23(27)29-11-10-28-21-9-7-15(24)12-18(21)25/h2-9,12-13H,10-11H2,1H3. The Morgan fingerprint density at radius 1 is 1.03 bits per heavy atom. The number of carbonyl (C=O) groups is 1. The highest BCUT2D eigenvalue weighted by Crippen LogP contribution is 2.28. The number of fused-ring (bicyclic) bond motifs is 1. The van der Waals surface area contributed by atoms with Gasteiger partial charge in [-0.2, -0.15) is 0 Å². The van der Waals surface area contributed by atoms with Crippen LogP contribution in [-0.2, 0) is 4.74 Å². The van der Waals surface area contributed by atoms with Gasteiger partial charge in [-0.25, -0.2) is 9.78 Å². The Bertz CT molecular complexity index is 1220. The highest BCUT2D eigenvalue weighted by atomic mass is 35.5. The van der Waals surface area contributed by atoms with Crippen LogP contribution in [0.1, 0.15) is 16.1 Å². The van der Waals surface area contributed by atoms with Crippen molar-refractivity contribution >= 4 is 40.1 Å². The molecule has 0 atom stereocenters. The molecule has 0 aliphatic carbocycles. The Hall–Kier alpha value is -3.02. The Morgan fingerprint density at radius 2 is 1.87 bits per heavy atom. The molecule has 2 aromatic carbocycles. The third-order valence-electron chi connectivity index (χ3n) is 4.40. The topological polar surface area (TPSA) is 61.6 Å². The number of aryl methyl sites for hydroxylation is 1. The second kappa shape index (κ2) is 8.78. The Balaban J connectivity index is 1.51. The highest BCUT2D eigenvalue weighted by Gasteiger charge is 2.16. The number of nitrogens with zero attached hydrogens (tertiary/aromatic N) is 1. The second-order valence-corrected chi connectivity index (χ2v) is 7.39. The number of pyridine rings is 1. The molecule has 0 amide bonds. The van der Waals surface area contributed by atoms with Gasteiger partial charge in [-0.1, -0.05) is 41.4 Å². The molecule has 0 fully saturated rings. The van der Waals surface area contributed by atoms with Crippen molar-refractivity contribution in [2.75, 3.05) is 13.2 Å². The molecule has 30 heavy (non-hydrogen) atoms. The van der Waals surface area contributed by atoms with E-state index in [-0.39, 0.29) is 13.2 Å². The summed E-state index contributed by atoms with van der Waals surface area (Å²) in [7, 11) is 0. The number of rotatable bonds is 6. The van der Waals surface area contributed by atoms with Gasteiger partial charge in [0.05, 0.1) is 16.1 Å². The van der Waals surface area contributed by atoms with Crippen LogP contribution < -0.4 is 4.74 Å². The van der Waals surface area contributed by atoms with Crippen LogP contribution in [0.15, 0.2) is 65.1 Å². The number of esters is 1. The van der Waals surface area contributed by atoms with Crippen molar-refractivity contribution in [3.63, 3.8) is 0 Å². The summed E-state index contributed by atoms with van der Waals surface area (Å²) in [4.78, 5) is 17.4. The maximum absolute atomic E-state index is 12.8. The second-order valence-electron chi connectivity index (χ2n) is 6.54. The Kier molecular flexibility index (Phi) is 5.93. The van der Waals surface area contributed by atoms with Gasteiger partial charge in [0.15, 0.2) is 5.76 Å². The molecule has 0 N–H and O–H groups in total. The van der Waals surface area contributed by atoms with Gasteiger partial charge in [-0.05, 0) is 49.4 Å². The predicted molar refractivity (Wildman–Crippen MR) is 116 cm³/mol. The van der Waals surface area contributed by atoms with Gasteiger partial charge in [0.1, 0.15) is 30.4 Å². The zero-order chi connectivity index (χ0) is 21.1. The summed E-state index contributed by atoms with van der Waals surface area (Å²) in [5.41, 5.74) is 1.66. The Labute approximate surface area is 183 Å². The number of hydrogen-bond donors (Lipinski definition) is 0. The van der Waals surface area contributed by atoms with Crippen LogP contribution in [0.2, 0.25) is 10.0 Å². The number of hydrogen-bond acceptors (Lipinski definition) is 5. The molecule has 2 heterocycles. The molecule has 0 aliphatic heterocycles. The first-order chi connectivity index (χ1) is 14.5. The molecule has 0 spiro atoms. The lowest BCUT2D eigenvalue weighted by Gasteiger charge is -2.11. The molecule has 0 saturated heterocycles. The van der Waals surface area contributed by atoms with E-state index in [1.807, 2.05) is 43.3 Å².